The van der Waals surface area contributed by atoms with Gasteiger partial charge in [0.2, 0.25) is 0 Å². The van der Waals surface area contributed by atoms with Crippen molar-refractivity contribution in [3.05, 3.63) is 106 Å². The molecule has 6 rings (SSSR count). The first kappa shape index (κ1) is 24.9. The van der Waals surface area contributed by atoms with Crippen LogP contribution in [-0.2, 0) is 6.54 Å². The summed E-state index contributed by atoms with van der Waals surface area (Å²) in [4.78, 5) is 7.33. The Bertz CT molecular complexity index is 1530. The molecule has 0 aliphatic carbocycles. The van der Waals surface area contributed by atoms with Gasteiger partial charge in [-0.05, 0) is 64.7 Å². The van der Waals surface area contributed by atoms with Crippen LogP contribution in [0.15, 0.2) is 95.6 Å². The first-order valence-electron chi connectivity index (χ1n) is 12.7. The number of fused-ring (bicyclic) bond motifs is 1. The molecule has 3 aromatic carbocycles. The number of hydrogen-bond donors (Lipinski definition) is 1. The molecule has 0 amide bonds. The Kier molecular flexibility index (Phi) is 7.31. The van der Waals surface area contributed by atoms with Crippen molar-refractivity contribution in [1.29, 1.82) is 0 Å². The number of piperidine rings is 1. The zero-order valence-electron chi connectivity index (χ0n) is 20.7. The lowest BCUT2D eigenvalue weighted by Crippen LogP contribution is -2.39. The van der Waals surface area contributed by atoms with Crippen molar-refractivity contribution in [3.63, 3.8) is 0 Å². The van der Waals surface area contributed by atoms with E-state index in [1.54, 1.807) is 6.20 Å². The number of nitrogens with zero attached hydrogens (tertiary/aromatic N) is 4. The first-order chi connectivity index (χ1) is 18.6. The third-order valence-electron chi connectivity index (χ3n) is 6.83. The molecule has 0 radical (unpaired) electrons. The van der Waals surface area contributed by atoms with Crippen LogP contribution in [0.4, 0.5) is 5.82 Å². The van der Waals surface area contributed by atoms with Crippen molar-refractivity contribution in [2.24, 2.45) is 0 Å². The minimum absolute atomic E-state index is 0.348. The summed E-state index contributed by atoms with van der Waals surface area (Å²) in [7, 11) is 0. The van der Waals surface area contributed by atoms with Crippen LogP contribution in [0.25, 0.3) is 16.9 Å². The van der Waals surface area contributed by atoms with Crippen molar-refractivity contribution >= 4 is 39.0 Å². The molecule has 0 bridgehead atoms. The van der Waals surface area contributed by atoms with Crippen LogP contribution in [-0.4, -0.2) is 38.6 Å². The van der Waals surface area contributed by atoms with E-state index in [1.807, 2.05) is 77.3 Å². The Labute approximate surface area is 235 Å². The molecular weight excluding hydrogens is 562 g/mol. The van der Waals surface area contributed by atoms with Gasteiger partial charge in [0.25, 0.3) is 0 Å². The summed E-state index contributed by atoms with van der Waals surface area (Å²) in [6, 6.07) is 28.5. The number of benzene rings is 3. The highest BCUT2D eigenvalue weighted by molar-refractivity contribution is 9.10. The third kappa shape index (κ3) is 5.55. The average Bonchev–Trinajstić information content (AvgIpc) is 3.32. The number of para-hydroxylation sites is 1. The fourth-order valence-corrected chi connectivity index (χ4v) is 5.42. The molecule has 6 nitrogen and oxygen atoms in total. The highest BCUT2D eigenvalue weighted by Gasteiger charge is 2.21. The second kappa shape index (κ2) is 11.2. The Hall–Kier alpha value is -3.39. The summed E-state index contributed by atoms with van der Waals surface area (Å²) in [5, 5.41) is 8.95. The lowest BCUT2D eigenvalue weighted by Gasteiger charge is -2.33. The Morgan fingerprint density at radius 3 is 2.39 bits per heavy atom. The lowest BCUT2D eigenvalue weighted by molar-refractivity contribution is 0.211. The molecule has 1 aliphatic heterocycles. The minimum Gasteiger partial charge on any atom is -0.457 e. The van der Waals surface area contributed by atoms with Crippen LogP contribution in [0, 0.1) is 0 Å². The van der Waals surface area contributed by atoms with E-state index in [4.69, 9.17) is 21.3 Å². The van der Waals surface area contributed by atoms with Crippen molar-refractivity contribution in [2.45, 2.75) is 25.4 Å². The summed E-state index contributed by atoms with van der Waals surface area (Å²) in [6.45, 7) is 2.98. The monoisotopic (exact) mass is 587 g/mol. The second-order valence-electron chi connectivity index (χ2n) is 9.49. The molecule has 8 heteroatoms. The number of hydrogen-bond acceptors (Lipinski definition) is 5. The van der Waals surface area contributed by atoms with E-state index in [2.05, 4.69) is 43.4 Å². The molecule has 5 aromatic rings. The largest absolute Gasteiger partial charge is 0.457 e. The number of ether oxygens (including phenoxy) is 1. The summed E-state index contributed by atoms with van der Waals surface area (Å²) >= 11 is 10.1. The van der Waals surface area contributed by atoms with Gasteiger partial charge in [-0.15, -0.1) is 0 Å². The molecular formula is C30H27BrClN5O. The summed E-state index contributed by atoms with van der Waals surface area (Å²) in [5.41, 5.74) is 3.78. The molecule has 1 N–H and O–H groups in total. The third-order valence-corrected chi connectivity index (χ3v) is 7.72. The van der Waals surface area contributed by atoms with E-state index in [1.165, 1.54) is 5.56 Å². The van der Waals surface area contributed by atoms with Gasteiger partial charge in [-0.2, -0.15) is 9.61 Å². The highest BCUT2D eigenvalue weighted by atomic mass is 79.9. The van der Waals surface area contributed by atoms with Gasteiger partial charge in [0, 0.05) is 42.3 Å². The van der Waals surface area contributed by atoms with Crippen LogP contribution in [0.3, 0.4) is 0 Å². The van der Waals surface area contributed by atoms with Crippen LogP contribution in [0.1, 0.15) is 18.4 Å². The topological polar surface area (TPSA) is 54.7 Å². The van der Waals surface area contributed by atoms with Gasteiger partial charge in [0.05, 0.1) is 16.4 Å². The van der Waals surface area contributed by atoms with E-state index in [9.17, 15) is 0 Å². The van der Waals surface area contributed by atoms with Gasteiger partial charge in [-0.25, -0.2) is 4.98 Å². The maximum absolute atomic E-state index is 6.49. The Balaban J connectivity index is 1.10. The molecule has 1 fully saturated rings. The quantitative estimate of drug-likeness (QED) is 0.211. The van der Waals surface area contributed by atoms with E-state index < -0.39 is 0 Å². The summed E-state index contributed by atoms with van der Waals surface area (Å²) in [5.74, 6) is 2.62. The van der Waals surface area contributed by atoms with Gasteiger partial charge < -0.3 is 10.1 Å². The Morgan fingerprint density at radius 2 is 1.63 bits per heavy atom. The molecule has 38 heavy (non-hydrogen) atoms. The molecule has 2 aromatic heterocycles. The molecule has 1 aliphatic rings. The van der Waals surface area contributed by atoms with E-state index in [0.717, 1.165) is 71.2 Å². The summed E-state index contributed by atoms with van der Waals surface area (Å²) < 4.78 is 8.63. The number of likely N-dealkylation sites (tertiary alicyclic amines) is 1. The molecule has 3 heterocycles. The fraction of sp³-hybridized carbons (Fsp3) is 0.200. The Morgan fingerprint density at radius 1 is 0.921 bits per heavy atom. The zero-order valence-corrected chi connectivity index (χ0v) is 23.1. The standard InChI is InChI=1S/C30H27BrClN5O/c31-26-19-33-37-29(18-28(35-30(26)37)25-8-4-5-9-27(25)32)34-22-14-16-36(17-15-22)20-21-10-12-24(13-11-21)38-23-6-2-1-3-7-23/h1-13,18-19,22,34H,14-17,20H2. The highest BCUT2D eigenvalue weighted by Crippen LogP contribution is 2.31. The van der Waals surface area contributed by atoms with E-state index in [0.29, 0.717) is 11.1 Å². The summed E-state index contributed by atoms with van der Waals surface area (Å²) in [6.07, 6.45) is 3.87. The van der Waals surface area contributed by atoms with Gasteiger partial charge in [-0.3, -0.25) is 4.90 Å². The number of halogens is 2. The van der Waals surface area contributed by atoms with E-state index >= 15 is 0 Å². The van der Waals surface area contributed by atoms with Crippen molar-refractivity contribution in [3.8, 4) is 22.8 Å². The lowest BCUT2D eigenvalue weighted by atomic mass is 10.0. The number of nitrogens with one attached hydrogen (secondary N) is 1. The van der Waals surface area contributed by atoms with Crippen molar-refractivity contribution in [2.75, 3.05) is 18.4 Å². The van der Waals surface area contributed by atoms with Crippen LogP contribution in [0.5, 0.6) is 11.5 Å². The number of anilines is 1. The smallest absolute Gasteiger partial charge is 0.172 e. The maximum Gasteiger partial charge on any atom is 0.172 e. The predicted molar refractivity (Wildman–Crippen MR) is 156 cm³/mol. The molecule has 0 atom stereocenters. The van der Waals surface area contributed by atoms with Crippen LogP contribution in [0.2, 0.25) is 5.02 Å². The van der Waals surface area contributed by atoms with Gasteiger partial charge in [-0.1, -0.05) is 60.1 Å². The maximum atomic E-state index is 6.49. The predicted octanol–water partition coefficient (Wildman–Crippen LogP) is 7.68. The van der Waals surface area contributed by atoms with Crippen LogP contribution < -0.4 is 10.1 Å². The molecule has 1 saturated heterocycles. The fourth-order valence-electron chi connectivity index (χ4n) is 4.84. The molecule has 0 spiro atoms. The number of rotatable bonds is 7. The molecule has 0 unspecified atom stereocenters. The number of aromatic nitrogens is 3. The molecule has 192 valence electrons. The van der Waals surface area contributed by atoms with E-state index in [-0.39, 0.29) is 0 Å². The average molecular weight is 589 g/mol. The second-order valence-corrected chi connectivity index (χ2v) is 10.7. The normalized spacial score (nSPS) is 14.6. The first-order valence-corrected chi connectivity index (χ1v) is 13.9. The van der Waals surface area contributed by atoms with Crippen LogP contribution >= 0.6 is 27.5 Å². The van der Waals surface area contributed by atoms with Crippen molar-refractivity contribution in [1.82, 2.24) is 19.5 Å². The minimum atomic E-state index is 0.348. The van der Waals surface area contributed by atoms with Crippen molar-refractivity contribution < 1.29 is 4.74 Å². The van der Waals surface area contributed by atoms with Gasteiger partial charge in [0.1, 0.15) is 17.3 Å². The zero-order chi connectivity index (χ0) is 25.9. The SMILES string of the molecule is Clc1ccccc1-c1cc(NC2CCN(Cc3ccc(Oc4ccccc4)cc3)CC2)n2ncc(Br)c2n1. The van der Waals surface area contributed by atoms with Gasteiger partial charge >= 0.3 is 0 Å². The molecule has 0 saturated carbocycles. The van der Waals surface area contributed by atoms with Gasteiger partial charge in [0.15, 0.2) is 5.65 Å².